The maximum absolute atomic E-state index is 5.65. The highest BCUT2D eigenvalue weighted by molar-refractivity contribution is 4.88. The van der Waals surface area contributed by atoms with Gasteiger partial charge in [0.2, 0.25) is 11.8 Å². The molecule has 90 valence electrons. The van der Waals surface area contributed by atoms with Crippen molar-refractivity contribution in [3.05, 3.63) is 11.8 Å². The molecule has 1 aliphatic heterocycles. The lowest BCUT2D eigenvalue weighted by molar-refractivity contribution is 0.378. The molecule has 0 saturated carbocycles. The molecular weight excluding hydrogens is 202 g/mol. The van der Waals surface area contributed by atoms with Crippen molar-refractivity contribution in [2.45, 2.75) is 45.4 Å². The van der Waals surface area contributed by atoms with Crippen LogP contribution in [-0.4, -0.2) is 23.3 Å². The van der Waals surface area contributed by atoms with Gasteiger partial charge < -0.3 is 9.73 Å². The zero-order chi connectivity index (χ0) is 11.4. The zero-order valence-electron chi connectivity index (χ0n) is 10.2. The Labute approximate surface area is 96.8 Å². The van der Waals surface area contributed by atoms with Crippen LogP contribution in [0.4, 0.5) is 0 Å². The van der Waals surface area contributed by atoms with E-state index in [9.17, 15) is 0 Å². The summed E-state index contributed by atoms with van der Waals surface area (Å²) in [6.45, 7) is 6.42. The summed E-state index contributed by atoms with van der Waals surface area (Å²) in [6.07, 6.45) is 4.70. The van der Waals surface area contributed by atoms with Crippen LogP contribution in [0.15, 0.2) is 4.42 Å². The first-order chi connectivity index (χ1) is 7.75. The SMILES string of the molecule is CC(C)c1nnc(CC2CCCNCC2)o1. The molecule has 1 aliphatic rings. The summed E-state index contributed by atoms with van der Waals surface area (Å²) < 4.78 is 5.65. The molecule has 1 aromatic rings. The molecule has 0 bridgehead atoms. The summed E-state index contributed by atoms with van der Waals surface area (Å²) in [5.41, 5.74) is 0. The van der Waals surface area contributed by atoms with E-state index in [-0.39, 0.29) is 0 Å². The Morgan fingerprint density at radius 2 is 2.19 bits per heavy atom. The van der Waals surface area contributed by atoms with Crippen molar-refractivity contribution in [3.63, 3.8) is 0 Å². The molecule has 1 fully saturated rings. The first-order valence-electron chi connectivity index (χ1n) is 6.28. The van der Waals surface area contributed by atoms with E-state index in [1.807, 2.05) is 0 Å². The minimum atomic E-state index is 0.331. The van der Waals surface area contributed by atoms with Gasteiger partial charge in [-0.05, 0) is 38.3 Å². The van der Waals surface area contributed by atoms with Gasteiger partial charge in [0.05, 0.1) is 0 Å². The zero-order valence-corrected chi connectivity index (χ0v) is 10.2. The van der Waals surface area contributed by atoms with Crippen molar-refractivity contribution < 1.29 is 4.42 Å². The maximum atomic E-state index is 5.65. The second-order valence-electron chi connectivity index (χ2n) is 4.94. The van der Waals surface area contributed by atoms with E-state index in [0.717, 1.165) is 31.3 Å². The van der Waals surface area contributed by atoms with Gasteiger partial charge in [-0.2, -0.15) is 0 Å². The molecule has 0 aliphatic carbocycles. The summed E-state index contributed by atoms with van der Waals surface area (Å²) in [5, 5.41) is 11.6. The van der Waals surface area contributed by atoms with Crippen LogP contribution in [0, 0.1) is 5.92 Å². The number of hydrogen-bond acceptors (Lipinski definition) is 4. The van der Waals surface area contributed by atoms with Crippen molar-refractivity contribution >= 4 is 0 Å². The van der Waals surface area contributed by atoms with Crippen LogP contribution in [0.1, 0.15) is 50.8 Å². The molecule has 2 heterocycles. The number of nitrogens with one attached hydrogen (secondary N) is 1. The Hall–Kier alpha value is -0.900. The Balaban J connectivity index is 1.91. The number of rotatable bonds is 3. The topological polar surface area (TPSA) is 51.0 Å². The van der Waals surface area contributed by atoms with E-state index in [1.165, 1.54) is 19.3 Å². The molecule has 2 rings (SSSR count). The summed E-state index contributed by atoms with van der Waals surface area (Å²) in [6, 6.07) is 0. The van der Waals surface area contributed by atoms with Gasteiger partial charge in [-0.3, -0.25) is 0 Å². The monoisotopic (exact) mass is 223 g/mol. The Kier molecular flexibility index (Phi) is 3.93. The third-order valence-electron chi connectivity index (χ3n) is 3.13. The van der Waals surface area contributed by atoms with E-state index in [2.05, 4.69) is 29.4 Å². The van der Waals surface area contributed by atoms with Gasteiger partial charge in [0.15, 0.2) is 0 Å². The first-order valence-corrected chi connectivity index (χ1v) is 6.28. The minimum Gasteiger partial charge on any atom is -0.425 e. The van der Waals surface area contributed by atoms with Crippen LogP contribution in [0.2, 0.25) is 0 Å². The molecule has 0 radical (unpaired) electrons. The fraction of sp³-hybridized carbons (Fsp3) is 0.833. The first kappa shape index (κ1) is 11.6. The van der Waals surface area contributed by atoms with E-state index in [1.54, 1.807) is 0 Å². The third kappa shape index (κ3) is 3.04. The lowest BCUT2D eigenvalue weighted by Crippen LogP contribution is -2.14. The summed E-state index contributed by atoms with van der Waals surface area (Å²) >= 11 is 0. The molecule has 1 atom stereocenters. The lowest BCUT2D eigenvalue weighted by atomic mass is 9.97. The molecular formula is C12H21N3O. The van der Waals surface area contributed by atoms with Gasteiger partial charge in [-0.15, -0.1) is 10.2 Å². The highest BCUT2D eigenvalue weighted by atomic mass is 16.4. The Bertz CT molecular complexity index is 314. The smallest absolute Gasteiger partial charge is 0.219 e. The van der Waals surface area contributed by atoms with Gasteiger partial charge >= 0.3 is 0 Å². The summed E-state index contributed by atoms with van der Waals surface area (Å²) in [7, 11) is 0. The van der Waals surface area contributed by atoms with Crippen molar-refractivity contribution in [2.24, 2.45) is 5.92 Å². The molecule has 1 aromatic heterocycles. The summed E-state index contributed by atoms with van der Waals surface area (Å²) in [4.78, 5) is 0. The van der Waals surface area contributed by atoms with Crippen molar-refractivity contribution in [3.8, 4) is 0 Å². The van der Waals surface area contributed by atoms with Crippen LogP contribution in [0.5, 0.6) is 0 Å². The molecule has 4 heteroatoms. The predicted molar refractivity (Wildman–Crippen MR) is 62.3 cm³/mol. The Morgan fingerprint density at radius 3 is 2.94 bits per heavy atom. The van der Waals surface area contributed by atoms with Gasteiger partial charge in [0, 0.05) is 12.3 Å². The van der Waals surface area contributed by atoms with Crippen LogP contribution in [0.3, 0.4) is 0 Å². The van der Waals surface area contributed by atoms with Crippen LogP contribution in [-0.2, 0) is 6.42 Å². The fourth-order valence-electron chi connectivity index (χ4n) is 2.12. The summed E-state index contributed by atoms with van der Waals surface area (Å²) in [5.74, 6) is 2.62. The van der Waals surface area contributed by atoms with Crippen molar-refractivity contribution in [1.82, 2.24) is 15.5 Å². The average Bonchev–Trinajstić information content (AvgIpc) is 2.56. The highest BCUT2D eigenvalue weighted by Crippen LogP contribution is 2.20. The molecule has 0 spiro atoms. The molecule has 1 saturated heterocycles. The van der Waals surface area contributed by atoms with Crippen molar-refractivity contribution in [1.29, 1.82) is 0 Å². The molecule has 0 amide bonds. The highest BCUT2D eigenvalue weighted by Gasteiger charge is 2.17. The van der Waals surface area contributed by atoms with Crippen LogP contribution < -0.4 is 5.32 Å². The normalized spacial score (nSPS) is 22.3. The maximum Gasteiger partial charge on any atom is 0.219 e. The minimum absolute atomic E-state index is 0.331. The van der Waals surface area contributed by atoms with E-state index < -0.39 is 0 Å². The number of aromatic nitrogens is 2. The van der Waals surface area contributed by atoms with E-state index in [4.69, 9.17) is 4.42 Å². The number of nitrogens with zero attached hydrogens (tertiary/aromatic N) is 2. The standard InChI is InChI=1S/C12H21N3O/c1-9(2)12-15-14-11(16-12)8-10-4-3-6-13-7-5-10/h9-10,13H,3-8H2,1-2H3. The van der Waals surface area contributed by atoms with Gasteiger partial charge in [0.1, 0.15) is 0 Å². The van der Waals surface area contributed by atoms with Crippen molar-refractivity contribution in [2.75, 3.05) is 13.1 Å². The van der Waals surface area contributed by atoms with Gasteiger partial charge in [-0.1, -0.05) is 13.8 Å². The molecule has 16 heavy (non-hydrogen) atoms. The van der Waals surface area contributed by atoms with Gasteiger partial charge in [0.25, 0.3) is 0 Å². The largest absolute Gasteiger partial charge is 0.425 e. The Morgan fingerprint density at radius 1 is 1.31 bits per heavy atom. The second kappa shape index (κ2) is 5.43. The number of hydrogen-bond donors (Lipinski definition) is 1. The van der Waals surface area contributed by atoms with Crippen LogP contribution in [0.25, 0.3) is 0 Å². The molecule has 1 N–H and O–H groups in total. The lowest BCUT2D eigenvalue weighted by Gasteiger charge is -2.09. The second-order valence-corrected chi connectivity index (χ2v) is 4.94. The molecule has 4 nitrogen and oxygen atoms in total. The fourth-order valence-corrected chi connectivity index (χ4v) is 2.12. The van der Waals surface area contributed by atoms with E-state index >= 15 is 0 Å². The third-order valence-corrected chi connectivity index (χ3v) is 3.13. The average molecular weight is 223 g/mol. The molecule has 0 aromatic carbocycles. The van der Waals surface area contributed by atoms with E-state index in [0.29, 0.717) is 11.8 Å². The van der Waals surface area contributed by atoms with Crippen LogP contribution >= 0.6 is 0 Å². The molecule has 1 unspecified atom stereocenters. The predicted octanol–water partition coefficient (Wildman–Crippen LogP) is 2.13. The quantitative estimate of drug-likeness (QED) is 0.852. The van der Waals surface area contributed by atoms with Gasteiger partial charge in [-0.25, -0.2) is 0 Å².